The Morgan fingerprint density at radius 3 is 2.63 bits per heavy atom. The molecule has 0 N–H and O–H groups in total. The smallest absolute Gasteiger partial charge is 0.342 e. The van der Waals surface area contributed by atoms with Crippen molar-refractivity contribution in [2.24, 2.45) is 0 Å². The highest BCUT2D eigenvalue weighted by Crippen LogP contribution is 2.39. The summed E-state index contributed by atoms with van der Waals surface area (Å²) in [5.74, 6) is -0.356. The molecule has 3 nitrogen and oxygen atoms in total. The van der Waals surface area contributed by atoms with E-state index in [1.54, 1.807) is 13.8 Å². The van der Waals surface area contributed by atoms with E-state index in [4.69, 9.17) is 21.1 Å². The summed E-state index contributed by atoms with van der Waals surface area (Å²) in [6.45, 7) is 5.80. The van der Waals surface area contributed by atoms with Crippen LogP contribution >= 0.6 is 11.6 Å². The molecule has 0 spiro atoms. The zero-order chi connectivity index (χ0) is 14.0. The quantitative estimate of drug-likeness (QED) is 0.626. The van der Waals surface area contributed by atoms with Crippen LogP contribution < -0.4 is 0 Å². The molecule has 1 aromatic rings. The van der Waals surface area contributed by atoms with E-state index in [1.807, 2.05) is 37.3 Å². The van der Waals surface area contributed by atoms with E-state index in [1.165, 1.54) is 0 Å². The van der Waals surface area contributed by atoms with Gasteiger partial charge in [0.15, 0.2) is 5.60 Å². The molecule has 0 aliphatic carbocycles. The summed E-state index contributed by atoms with van der Waals surface area (Å²) in [6.07, 6.45) is 1.59. The van der Waals surface area contributed by atoms with Gasteiger partial charge in [-0.25, -0.2) is 4.79 Å². The summed E-state index contributed by atoms with van der Waals surface area (Å²) in [7, 11) is 0. The molecule has 0 aromatic heterocycles. The van der Waals surface area contributed by atoms with Crippen LogP contribution in [0.1, 0.15) is 32.4 Å². The normalized spacial score (nSPS) is 26.1. The van der Waals surface area contributed by atoms with Gasteiger partial charge in [-0.3, -0.25) is 0 Å². The van der Waals surface area contributed by atoms with Crippen LogP contribution in [0.5, 0.6) is 0 Å². The van der Waals surface area contributed by atoms with Crippen LogP contribution in [0.2, 0.25) is 5.02 Å². The van der Waals surface area contributed by atoms with Crippen molar-refractivity contribution < 1.29 is 14.3 Å². The average Bonchev–Trinajstić information content (AvgIpc) is 2.68. The molecule has 0 fully saturated rings. The van der Waals surface area contributed by atoms with Gasteiger partial charge in [0, 0.05) is 5.02 Å². The van der Waals surface area contributed by atoms with Gasteiger partial charge in [-0.2, -0.15) is 0 Å². The lowest BCUT2D eigenvalue weighted by Crippen LogP contribution is -2.35. The molecule has 4 heteroatoms. The Balaban J connectivity index is 2.22. The van der Waals surface area contributed by atoms with E-state index in [2.05, 4.69) is 0 Å². The Kier molecular flexibility index (Phi) is 3.97. The standard InChI is InChI=1S/C15H17ClO3/c1-4-18-14(17)15(3)9-10(2)13(19-15)11-5-7-12(16)8-6-11/h5-9,13H,4H2,1-3H3. The van der Waals surface area contributed by atoms with E-state index in [9.17, 15) is 4.79 Å². The largest absolute Gasteiger partial charge is 0.464 e. The molecular weight excluding hydrogens is 264 g/mol. The van der Waals surface area contributed by atoms with Gasteiger partial charge in [0.25, 0.3) is 0 Å². The van der Waals surface area contributed by atoms with Crippen molar-refractivity contribution in [2.75, 3.05) is 6.61 Å². The fraction of sp³-hybridized carbons (Fsp3) is 0.400. The van der Waals surface area contributed by atoms with Gasteiger partial charge in [-0.1, -0.05) is 23.7 Å². The topological polar surface area (TPSA) is 35.5 Å². The fourth-order valence-corrected chi connectivity index (χ4v) is 2.36. The third-order valence-corrected chi connectivity index (χ3v) is 3.38. The maximum absolute atomic E-state index is 11.9. The molecule has 102 valence electrons. The number of carbonyl (C=O) groups is 1. The monoisotopic (exact) mass is 280 g/mol. The molecule has 1 aliphatic rings. The van der Waals surface area contributed by atoms with E-state index < -0.39 is 5.60 Å². The Bertz CT molecular complexity index is 507. The first-order chi connectivity index (χ1) is 8.96. The second-order valence-corrected chi connectivity index (χ2v) is 5.20. The fourth-order valence-electron chi connectivity index (χ4n) is 2.23. The Morgan fingerprint density at radius 1 is 1.42 bits per heavy atom. The van der Waals surface area contributed by atoms with Crippen molar-refractivity contribution in [1.29, 1.82) is 0 Å². The Morgan fingerprint density at radius 2 is 2.05 bits per heavy atom. The van der Waals surface area contributed by atoms with E-state index >= 15 is 0 Å². The van der Waals surface area contributed by atoms with Gasteiger partial charge < -0.3 is 9.47 Å². The minimum absolute atomic E-state index is 0.230. The highest BCUT2D eigenvalue weighted by molar-refractivity contribution is 6.30. The summed E-state index contributed by atoms with van der Waals surface area (Å²) < 4.78 is 10.9. The van der Waals surface area contributed by atoms with E-state index in [0.717, 1.165) is 11.1 Å². The van der Waals surface area contributed by atoms with Crippen molar-refractivity contribution >= 4 is 17.6 Å². The molecule has 1 aromatic carbocycles. The number of ether oxygens (including phenoxy) is 2. The predicted molar refractivity (Wildman–Crippen MR) is 74.1 cm³/mol. The first-order valence-electron chi connectivity index (χ1n) is 6.26. The van der Waals surface area contributed by atoms with Crippen LogP contribution in [0.4, 0.5) is 0 Å². The van der Waals surface area contributed by atoms with E-state index in [-0.39, 0.29) is 12.1 Å². The molecule has 0 radical (unpaired) electrons. The zero-order valence-corrected chi connectivity index (χ0v) is 12.0. The number of benzene rings is 1. The lowest BCUT2D eigenvalue weighted by molar-refractivity contribution is -0.165. The number of hydrogen-bond donors (Lipinski definition) is 0. The Hall–Kier alpha value is -1.32. The van der Waals surface area contributed by atoms with Crippen molar-refractivity contribution in [1.82, 2.24) is 0 Å². The van der Waals surface area contributed by atoms with Gasteiger partial charge in [0.2, 0.25) is 0 Å². The summed E-state index contributed by atoms with van der Waals surface area (Å²) in [5.41, 5.74) is 0.966. The molecule has 0 amide bonds. The number of halogens is 1. The Labute approximate surface area is 118 Å². The van der Waals surface area contributed by atoms with Crippen LogP contribution in [0.25, 0.3) is 0 Å². The summed E-state index contributed by atoms with van der Waals surface area (Å²) in [4.78, 5) is 11.9. The lowest BCUT2D eigenvalue weighted by Gasteiger charge is -2.23. The molecule has 2 rings (SSSR count). The van der Waals surface area contributed by atoms with Crippen LogP contribution in [-0.2, 0) is 14.3 Å². The molecule has 19 heavy (non-hydrogen) atoms. The molecule has 1 aliphatic heterocycles. The SMILES string of the molecule is CCOC(=O)C1(C)C=C(C)C(c2ccc(Cl)cc2)O1. The molecule has 0 saturated carbocycles. The maximum Gasteiger partial charge on any atom is 0.342 e. The minimum Gasteiger partial charge on any atom is -0.464 e. The third-order valence-electron chi connectivity index (χ3n) is 3.13. The number of esters is 1. The molecule has 0 saturated heterocycles. The van der Waals surface area contributed by atoms with Crippen molar-refractivity contribution in [3.8, 4) is 0 Å². The van der Waals surface area contributed by atoms with Gasteiger partial charge in [-0.05, 0) is 50.1 Å². The van der Waals surface area contributed by atoms with Crippen LogP contribution in [-0.4, -0.2) is 18.2 Å². The van der Waals surface area contributed by atoms with Gasteiger partial charge in [0.05, 0.1) is 6.61 Å². The summed E-state index contributed by atoms with van der Waals surface area (Å²) >= 11 is 5.87. The van der Waals surface area contributed by atoms with Gasteiger partial charge in [-0.15, -0.1) is 0 Å². The second kappa shape index (κ2) is 5.35. The van der Waals surface area contributed by atoms with Crippen LogP contribution in [0.3, 0.4) is 0 Å². The van der Waals surface area contributed by atoms with Crippen LogP contribution in [0.15, 0.2) is 35.9 Å². The highest BCUT2D eigenvalue weighted by atomic mass is 35.5. The number of rotatable bonds is 3. The number of carbonyl (C=O) groups excluding carboxylic acids is 1. The zero-order valence-electron chi connectivity index (χ0n) is 11.3. The first kappa shape index (κ1) is 14.1. The first-order valence-corrected chi connectivity index (χ1v) is 6.64. The third kappa shape index (κ3) is 2.82. The molecule has 0 bridgehead atoms. The van der Waals surface area contributed by atoms with Gasteiger partial charge in [0.1, 0.15) is 6.10 Å². The van der Waals surface area contributed by atoms with E-state index in [0.29, 0.717) is 11.6 Å². The lowest BCUT2D eigenvalue weighted by atomic mass is 10.0. The summed E-state index contributed by atoms with van der Waals surface area (Å²) in [6, 6.07) is 7.43. The second-order valence-electron chi connectivity index (χ2n) is 4.77. The summed E-state index contributed by atoms with van der Waals surface area (Å²) in [5, 5.41) is 0.677. The van der Waals surface area contributed by atoms with Crippen LogP contribution in [0, 0.1) is 0 Å². The predicted octanol–water partition coefficient (Wildman–Crippen LogP) is 3.68. The molecule has 1 heterocycles. The number of hydrogen-bond acceptors (Lipinski definition) is 3. The molecule has 2 atom stereocenters. The minimum atomic E-state index is -1.01. The maximum atomic E-state index is 11.9. The van der Waals surface area contributed by atoms with Gasteiger partial charge >= 0.3 is 5.97 Å². The highest BCUT2D eigenvalue weighted by Gasteiger charge is 2.42. The van der Waals surface area contributed by atoms with Crippen molar-refractivity contribution in [3.05, 3.63) is 46.5 Å². The van der Waals surface area contributed by atoms with Crippen molar-refractivity contribution in [3.63, 3.8) is 0 Å². The molecular formula is C15H17ClO3. The van der Waals surface area contributed by atoms with Crippen molar-refractivity contribution in [2.45, 2.75) is 32.5 Å². The average molecular weight is 281 g/mol. The molecule has 2 unspecified atom stereocenters.